The number of carbonyl (C=O) groups is 1. The van der Waals surface area contributed by atoms with E-state index < -0.39 is 32.5 Å². The van der Waals surface area contributed by atoms with E-state index in [0.29, 0.717) is 11.8 Å². The normalized spacial score (nSPS) is 11.1. The molecular formula is C19H13BrF2N2O3S. The number of para-hydroxylation sites is 1. The predicted octanol–water partition coefficient (Wildman–Crippen LogP) is 4.78. The summed E-state index contributed by atoms with van der Waals surface area (Å²) in [4.78, 5) is 12.1. The first-order valence-electron chi connectivity index (χ1n) is 7.90. The molecule has 9 heteroatoms. The first-order chi connectivity index (χ1) is 13.3. The van der Waals surface area contributed by atoms with Crippen molar-refractivity contribution in [1.82, 2.24) is 0 Å². The molecule has 3 rings (SSSR count). The van der Waals surface area contributed by atoms with Crippen LogP contribution in [0.25, 0.3) is 0 Å². The second-order valence-corrected chi connectivity index (χ2v) is 8.29. The fourth-order valence-electron chi connectivity index (χ4n) is 2.35. The summed E-state index contributed by atoms with van der Waals surface area (Å²) in [5.74, 6) is -2.98. The van der Waals surface area contributed by atoms with Crippen LogP contribution in [0.4, 0.5) is 20.2 Å². The molecule has 0 heterocycles. The van der Waals surface area contributed by atoms with Crippen molar-refractivity contribution >= 4 is 43.2 Å². The van der Waals surface area contributed by atoms with Gasteiger partial charge in [0, 0.05) is 10.2 Å². The van der Waals surface area contributed by atoms with Gasteiger partial charge in [0.1, 0.15) is 0 Å². The Hall–Kier alpha value is -2.78. The van der Waals surface area contributed by atoms with Gasteiger partial charge in [-0.05, 0) is 54.6 Å². The lowest BCUT2D eigenvalue weighted by atomic mass is 10.1. The quantitative estimate of drug-likeness (QED) is 0.567. The topological polar surface area (TPSA) is 75.3 Å². The van der Waals surface area contributed by atoms with Crippen molar-refractivity contribution in [2.45, 2.75) is 4.90 Å². The Morgan fingerprint density at radius 2 is 1.57 bits per heavy atom. The molecule has 0 aromatic heterocycles. The smallest absolute Gasteiger partial charge is 0.262 e. The van der Waals surface area contributed by atoms with Crippen LogP contribution in [0.2, 0.25) is 0 Å². The SMILES string of the molecule is O=C(Nc1ccc(Br)cc1)c1ccccc1NS(=O)(=O)c1ccc(F)c(F)c1. The fourth-order valence-corrected chi connectivity index (χ4v) is 3.70. The molecule has 2 N–H and O–H groups in total. The molecule has 0 radical (unpaired) electrons. The number of halogens is 3. The Bertz CT molecular complexity index is 1140. The molecule has 5 nitrogen and oxygen atoms in total. The fraction of sp³-hybridized carbons (Fsp3) is 0. The minimum Gasteiger partial charge on any atom is -0.322 e. The summed E-state index contributed by atoms with van der Waals surface area (Å²) in [6.45, 7) is 0. The Balaban J connectivity index is 1.88. The second-order valence-electron chi connectivity index (χ2n) is 5.69. The molecule has 0 bridgehead atoms. The van der Waals surface area contributed by atoms with E-state index in [1.54, 1.807) is 36.4 Å². The molecule has 28 heavy (non-hydrogen) atoms. The molecule has 0 saturated carbocycles. The Morgan fingerprint density at radius 3 is 2.25 bits per heavy atom. The van der Waals surface area contributed by atoms with Gasteiger partial charge in [0.05, 0.1) is 16.1 Å². The zero-order valence-corrected chi connectivity index (χ0v) is 16.5. The zero-order chi connectivity index (χ0) is 20.3. The number of sulfonamides is 1. The lowest BCUT2D eigenvalue weighted by Gasteiger charge is -2.13. The molecule has 0 aliphatic heterocycles. The van der Waals surface area contributed by atoms with Gasteiger partial charge in [0.25, 0.3) is 15.9 Å². The van der Waals surface area contributed by atoms with E-state index in [-0.39, 0.29) is 11.3 Å². The second kappa shape index (κ2) is 8.07. The van der Waals surface area contributed by atoms with Crippen LogP contribution in [0.3, 0.4) is 0 Å². The number of hydrogen-bond acceptors (Lipinski definition) is 3. The van der Waals surface area contributed by atoms with Crippen molar-refractivity contribution in [3.8, 4) is 0 Å². The van der Waals surface area contributed by atoms with E-state index in [4.69, 9.17) is 0 Å². The van der Waals surface area contributed by atoms with Gasteiger partial charge in [-0.2, -0.15) is 0 Å². The van der Waals surface area contributed by atoms with Crippen LogP contribution in [0.15, 0.2) is 76.1 Å². The van der Waals surface area contributed by atoms with Gasteiger partial charge in [-0.3, -0.25) is 9.52 Å². The largest absolute Gasteiger partial charge is 0.322 e. The average molecular weight is 467 g/mol. The molecule has 0 spiro atoms. The van der Waals surface area contributed by atoms with Gasteiger partial charge >= 0.3 is 0 Å². The Morgan fingerprint density at radius 1 is 0.893 bits per heavy atom. The Kier molecular flexibility index (Phi) is 5.76. The van der Waals surface area contributed by atoms with Crippen LogP contribution in [0, 0.1) is 11.6 Å². The first kappa shape index (κ1) is 20.0. The van der Waals surface area contributed by atoms with Gasteiger partial charge in [-0.25, -0.2) is 17.2 Å². The molecule has 3 aromatic rings. The van der Waals surface area contributed by atoms with Gasteiger partial charge < -0.3 is 5.32 Å². The third-order valence-corrected chi connectivity index (χ3v) is 5.61. The van der Waals surface area contributed by atoms with Crippen molar-refractivity contribution in [2.24, 2.45) is 0 Å². The number of nitrogens with one attached hydrogen (secondary N) is 2. The summed E-state index contributed by atoms with van der Waals surface area (Å²) in [5, 5.41) is 2.66. The lowest BCUT2D eigenvalue weighted by Crippen LogP contribution is -2.18. The molecule has 0 saturated heterocycles. The highest BCUT2D eigenvalue weighted by atomic mass is 79.9. The zero-order valence-electron chi connectivity index (χ0n) is 14.1. The van der Waals surface area contributed by atoms with Crippen LogP contribution in [-0.2, 0) is 10.0 Å². The van der Waals surface area contributed by atoms with Crippen molar-refractivity contribution in [3.63, 3.8) is 0 Å². The van der Waals surface area contributed by atoms with Crippen molar-refractivity contribution in [3.05, 3.63) is 88.4 Å². The predicted molar refractivity (Wildman–Crippen MR) is 106 cm³/mol. The maximum atomic E-state index is 13.4. The number of carbonyl (C=O) groups excluding carboxylic acids is 1. The number of benzene rings is 3. The minimum absolute atomic E-state index is 0.00171. The highest BCUT2D eigenvalue weighted by molar-refractivity contribution is 9.10. The van der Waals surface area contributed by atoms with E-state index >= 15 is 0 Å². The summed E-state index contributed by atoms with van der Waals surface area (Å²) < 4.78 is 54.5. The monoisotopic (exact) mass is 466 g/mol. The van der Waals surface area contributed by atoms with E-state index in [9.17, 15) is 22.0 Å². The molecule has 144 valence electrons. The highest BCUT2D eigenvalue weighted by Gasteiger charge is 2.20. The van der Waals surface area contributed by atoms with Crippen molar-refractivity contribution in [2.75, 3.05) is 10.0 Å². The van der Waals surface area contributed by atoms with E-state index in [0.717, 1.165) is 16.6 Å². The minimum atomic E-state index is -4.23. The Labute approximate surface area is 168 Å². The molecule has 0 fully saturated rings. The molecule has 0 aliphatic rings. The maximum absolute atomic E-state index is 13.4. The van der Waals surface area contributed by atoms with Gasteiger partial charge in [0.2, 0.25) is 0 Å². The molecule has 1 amide bonds. The molecular weight excluding hydrogens is 454 g/mol. The summed E-state index contributed by atoms with van der Waals surface area (Å²) in [6.07, 6.45) is 0. The summed E-state index contributed by atoms with van der Waals surface area (Å²) in [5.41, 5.74) is 0.588. The van der Waals surface area contributed by atoms with Gasteiger partial charge in [0.15, 0.2) is 11.6 Å². The van der Waals surface area contributed by atoms with Crippen LogP contribution in [0.1, 0.15) is 10.4 Å². The van der Waals surface area contributed by atoms with Crippen molar-refractivity contribution < 1.29 is 22.0 Å². The van der Waals surface area contributed by atoms with Gasteiger partial charge in [-0.15, -0.1) is 0 Å². The van der Waals surface area contributed by atoms with Crippen LogP contribution in [0.5, 0.6) is 0 Å². The summed E-state index contributed by atoms with van der Waals surface area (Å²) in [6, 6.07) is 15.0. The number of hydrogen-bond donors (Lipinski definition) is 2. The van der Waals surface area contributed by atoms with E-state index in [2.05, 4.69) is 26.0 Å². The third-order valence-electron chi connectivity index (χ3n) is 3.72. The third kappa shape index (κ3) is 4.55. The highest BCUT2D eigenvalue weighted by Crippen LogP contribution is 2.23. The average Bonchev–Trinajstić information content (AvgIpc) is 2.66. The summed E-state index contributed by atoms with van der Waals surface area (Å²) in [7, 11) is -4.23. The van der Waals surface area contributed by atoms with Crippen LogP contribution < -0.4 is 10.0 Å². The summed E-state index contributed by atoms with van der Waals surface area (Å²) >= 11 is 3.29. The van der Waals surface area contributed by atoms with Gasteiger partial charge in [-0.1, -0.05) is 28.1 Å². The molecule has 0 unspecified atom stereocenters. The van der Waals surface area contributed by atoms with Crippen LogP contribution in [-0.4, -0.2) is 14.3 Å². The first-order valence-corrected chi connectivity index (χ1v) is 10.2. The van der Waals surface area contributed by atoms with E-state index in [1.165, 1.54) is 12.1 Å². The molecule has 0 aliphatic carbocycles. The number of anilines is 2. The van der Waals surface area contributed by atoms with Crippen LogP contribution >= 0.6 is 15.9 Å². The molecule has 0 atom stereocenters. The standard InChI is InChI=1S/C19H13BrF2N2O3S/c20-12-5-7-13(8-6-12)23-19(25)15-3-1-2-4-18(15)24-28(26,27)14-9-10-16(21)17(22)11-14/h1-11,24H,(H,23,25). The number of amides is 1. The maximum Gasteiger partial charge on any atom is 0.262 e. The lowest BCUT2D eigenvalue weighted by molar-refractivity contribution is 0.102. The molecule has 3 aromatic carbocycles. The van der Waals surface area contributed by atoms with E-state index in [1.807, 2.05) is 0 Å². The van der Waals surface area contributed by atoms with Crippen molar-refractivity contribution in [1.29, 1.82) is 0 Å². The number of rotatable bonds is 5.